The van der Waals surface area contributed by atoms with Crippen LogP contribution in [0, 0.1) is 0 Å². The first kappa shape index (κ1) is 34.4. The predicted molar refractivity (Wildman–Crippen MR) is 196 cm³/mol. The van der Waals surface area contributed by atoms with Gasteiger partial charge in [0.05, 0.1) is 38.9 Å². The molecule has 11 nitrogen and oxygen atoms in total. The van der Waals surface area contributed by atoms with Crippen LogP contribution >= 0.6 is 0 Å². The number of piperidine rings is 1. The van der Waals surface area contributed by atoms with Crippen molar-refractivity contribution in [2.75, 3.05) is 59.4 Å². The van der Waals surface area contributed by atoms with Crippen molar-refractivity contribution in [3.05, 3.63) is 102 Å². The molecule has 1 unspecified atom stereocenters. The van der Waals surface area contributed by atoms with Gasteiger partial charge in [0.25, 0.3) is 5.91 Å². The first-order valence-corrected chi connectivity index (χ1v) is 17.7. The summed E-state index contributed by atoms with van der Waals surface area (Å²) < 4.78 is 24.5. The van der Waals surface area contributed by atoms with E-state index in [1.807, 2.05) is 35.2 Å². The first-order valence-electron chi connectivity index (χ1n) is 17.7. The minimum Gasteiger partial charge on any atom is -0.493 e. The number of carbonyl (C=O) groups is 1. The zero-order valence-electron chi connectivity index (χ0n) is 29.6. The maximum absolute atomic E-state index is 13.9. The number of furan rings is 1. The maximum Gasteiger partial charge on any atom is 0.254 e. The quantitative estimate of drug-likeness (QED) is 0.155. The van der Waals surface area contributed by atoms with Gasteiger partial charge in [-0.15, -0.1) is 0 Å². The largest absolute Gasteiger partial charge is 0.493 e. The molecule has 0 saturated carbocycles. The average Bonchev–Trinajstić information content (AvgIpc) is 3.92. The third-order valence-corrected chi connectivity index (χ3v) is 10.6. The van der Waals surface area contributed by atoms with E-state index in [9.17, 15) is 9.90 Å². The fourth-order valence-electron chi connectivity index (χ4n) is 7.76. The number of likely N-dealkylation sites (tertiary alicyclic amines) is 2. The number of imidazole rings is 1. The number of methoxy groups -OCH3 is 3. The van der Waals surface area contributed by atoms with Crippen molar-refractivity contribution in [3.8, 4) is 17.2 Å². The van der Waals surface area contributed by atoms with Crippen LogP contribution in [0.2, 0.25) is 0 Å². The van der Waals surface area contributed by atoms with Crippen molar-refractivity contribution in [1.29, 1.82) is 0 Å². The van der Waals surface area contributed by atoms with Crippen LogP contribution in [0.25, 0.3) is 11.0 Å². The van der Waals surface area contributed by atoms with E-state index in [0.717, 1.165) is 68.1 Å². The van der Waals surface area contributed by atoms with Crippen molar-refractivity contribution in [2.45, 2.75) is 50.3 Å². The average molecular weight is 694 g/mol. The molecule has 11 heteroatoms. The molecule has 3 aromatic carbocycles. The van der Waals surface area contributed by atoms with E-state index in [0.29, 0.717) is 54.2 Å². The third kappa shape index (κ3) is 7.13. The second kappa shape index (κ2) is 15.1. The lowest BCUT2D eigenvalue weighted by atomic mass is 9.76. The predicted octanol–water partition coefficient (Wildman–Crippen LogP) is 5.95. The van der Waals surface area contributed by atoms with E-state index < -0.39 is 0 Å². The van der Waals surface area contributed by atoms with Crippen LogP contribution in [0.4, 0.5) is 5.95 Å². The standard InChI is InChI=1S/C40H47N5O6/c1-48-35-23-28(24-36(49-2)37(35)50-3)38(47)44-22-18-40(27-44,29-9-5-4-6-10-29)17-21-43-19-15-30(16-20-43)41-39-42-33-11-7-8-12-34(33)45(39)25-31-13-14-32(26-46)51-31/h4-14,23-24,30,46H,15-22,25-27H2,1-3H3,(H,41,42). The number of amides is 1. The van der Waals surface area contributed by atoms with E-state index in [-0.39, 0.29) is 17.9 Å². The molecule has 51 heavy (non-hydrogen) atoms. The number of nitrogens with zero attached hydrogens (tertiary/aromatic N) is 4. The van der Waals surface area contributed by atoms with Crippen LogP contribution in [0.5, 0.6) is 17.2 Å². The summed E-state index contributed by atoms with van der Waals surface area (Å²) in [5.74, 6) is 3.55. The van der Waals surface area contributed by atoms with Crippen LogP contribution in [0.15, 0.2) is 83.3 Å². The number of carbonyl (C=O) groups excluding carboxylic acids is 1. The number of ether oxygens (including phenoxy) is 3. The number of hydrogen-bond donors (Lipinski definition) is 2. The van der Waals surface area contributed by atoms with Gasteiger partial charge in [-0.2, -0.15) is 0 Å². The van der Waals surface area contributed by atoms with Gasteiger partial charge < -0.3 is 43.4 Å². The van der Waals surface area contributed by atoms with Crippen LogP contribution < -0.4 is 19.5 Å². The normalized spacial score (nSPS) is 18.3. The molecule has 2 aromatic heterocycles. The van der Waals surface area contributed by atoms with Gasteiger partial charge in [0.1, 0.15) is 18.1 Å². The van der Waals surface area contributed by atoms with Gasteiger partial charge in [0, 0.05) is 43.2 Å². The Morgan fingerprint density at radius 1 is 0.922 bits per heavy atom. The summed E-state index contributed by atoms with van der Waals surface area (Å²) >= 11 is 0. The summed E-state index contributed by atoms with van der Waals surface area (Å²) in [4.78, 5) is 23.4. The molecule has 7 rings (SSSR count). The van der Waals surface area contributed by atoms with Crippen molar-refractivity contribution < 1.29 is 28.5 Å². The van der Waals surface area contributed by atoms with Gasteiger partial charge in [-0.25, -0.2) is 4.98 Å². The Balaban J connectivity index is 1.01. The fourth-order valence-corrected chi connectivity index (χ4v) is 7.76. The minimum atomic E-state index is -0.140. The van der Waals surface area contributed by atoms with Crippen LogP contribution in [0.1, 0.15) is 53.1 Å². The van der Waals surface area contributed by atoms with Gasteiger partial charge in [-0.1, -0.05) is 42.5 Å². The Morgan fingerprint density at radius 2 is 1.63 bits per heavy atom. The summed E-state index contributed by atoms with van der Waals surface area (Å²) in [6.45, 7) is 4.66. The number of fused-ring (bicyclic) bond motifs is 1. The summed E-state index contributed by atoms with van der Waals surface area (Å²) in [7, 11) is 4.69. The number of benzene rings is 3. The van der Waals surface area contributed by atoms with Crippen molar-refractivity contribution in [3.63, 3.8) is 0 Å². The Hall–Kier alpha value is -5.00. The van der Waals surface area contributed by atoms with Gasteiger partial charge in [-0.05, 0) is 74.2 Å². The molecule has 268 valence electrons. The number of hydrogen-bond acceptors (Lipinski definition) is 9. The first-order chi connectivity index (χ1) is 24.9. The number of aliphatic hydroxyl groups excluding tert-OH is 1. The topological polar surface area (TPSA) is 114 Å². The summed E-state index contributed by atoms with van der Waals surface area (Å²) in [5, 5.41) is 13.2. The molecule has 2 fully saturated rings. The molecule has 0 bridgehead atoms. The molecule has 2 N–H and O–H groups in total. The van der Waals surface area contributed by atoms with E-state index in [2.05, 4.69) is 51.2 Å². The molecular formula is C40H47N5O6. The number of aliphatic hydroxyl groups is 1. The number of rotatable bonds is 13. The summed E-state index contributed by atoms with van der Waals surface area (Å²) in [6.07, 6.45) is 3.87. The van der Waals surface area contributed by atoms with Crippen LogP contribution in [-0.4, -0.2) is 90.5 Å². The summed E-state index contributed by atoms with van der Waals surface area (Å²) in [6, 6.07) is 26.3. The van der Waals surface area contributed by atoms with Gasteiger partial charge in [0.15, 0.2) is 11.5 Å². The molecule has 1 amide bonds. The lowest BCUT2D eigenvalue weighted by Gasteiger charge is -2.36. The Morgan fingerprint density at radius 3 is 2.31 bits per heavy atom. The lowest BCUT2D eigenvalue weighted by Crippen LogP contribution is -2.42. The highest BCUT2D eigenvalue weighted by atomic mass is 16.5. The molecule has 2 aliphatic rings. The van der Waals surface area contributed by atoms with Crippen LogP contribution in [-0.2, 0) is 18.6 Å². The maximum atomic E-state index is 13.9. The molecule has 2 aliphatic heterocycles. The minimum absolute atomic E-state index is 0.0362. The van der Waals surface area contributed by atoms with E-state index in [1.165, 1.54) is 5.56 Å². The van der Waals surface area contributed by atoms with Gasteiger partial charge >= 0.3 is 0 Å². The van der Waals surface area contributed by atoms with Crippen molar-refractivity contribution in [2.24, 2.45) is 0 Å². The molecule has 0 spiro atoms. The van der Waals surface area contributed by atoms with Crippen molar-refractivity contribution >= 4 is 22.9 Å². The third-order valence-electron chi connectivity index (χ3n) is 10.6. The molecule has 1 atom stereocenters. The smallest absolute Gasteiger partial charge is 0.254 e. The monoisotopic (exact) mass is 693 g/mol. The SMILES string of the molecule is COc1cc(C(=O)N2CCC(CCN3CCC(Nc4nc5ccccc5n4Cc4ccc(CO)o4)CC3)(c3ccccc3)C2)cc(OC)c1OC. The molecule has 5 aromatic rings. The molecule has 0 aliphatic carbocycles. The van der Waals surface area contributed by atoms with Crippen LogP contribution in [0.3, 0.4) is 0 Å². The van der Waals surface area contributed by atoms with Crippen molar-refractivity contribution in [1.82, 2.24) is 19.4 Å². The highest BCUT2D eigenvalue weighted by molar-refractivity contribution is 5.96. The second-order valence-electron chi connectivity index (χ2n) is 13.6. The molecular weight excluding hydrogens is 646 g/mol. The Bertz CT molecular complexity index is 1920. The number of nitrogens with one attached hydrogen (secondary N) is 1. The summed E-state index contributed by atoms with van der Waals surface area (Å²) in [5.41, 5.74) is 3.64. The molecule has 4 heterocycles. The highest BCUT2D eigenvalue weighted by Gasteiger charge is 2.42. The fraction of sp³-hybridized carbons (Fsp3) is 0.400. The van der Waals surface area contributed by atoms with E-state index in [1.54, 1.807) is 33.5 Å². The Kier molecular flexibility index (Phi) is 10.2. The zero-order valence-corrected chi connectivity index (χ0v) is 29.6. The zero-order chi connectivity index (χ0) is 35.4. The van der Waals surface area contributed by atoms with Gasteiger partial charge in [0.2, 0.25) is 11.7 Å². The lowest BCUT2D eigenvalue weighted by molar-refractivity contribution is 0.0779. The molecule has 2 saturated heterocycles. The highest BCUT2D eigenvalue weighted by Crippen LogP contribution is 2.41. The Labute approximate surface area is 298 Å². The number of aromatic nitrogens is 2. The van der Waals surface area contributed by atoms with E-state index in [4.69, 9.17) is 23.6 Å². The van der Waals surface area contributed by atoms with E-state index >= 15 is 0 Å². The number of para-hydroxylation sites is 2. The number of anilines is 1. The second-order valence-corrected chi connectivity index (χ2v) is 13.6. The molecule has 0 radical (unpaired) electrons. The van der Waals surface area contributed by atoms with Gasteiger partial charge in [-0.3, -0.25) is 4.79 Å².